The van der Waals surface area contributed by atoms with Crippen LogP contribution in [-0.4, -0.2) is 152 Å². The molecular formula is C48H78N8O11. The first kappa shape index (κ1) is 54.8. The van der Waals surface area contributed by atoms with Crippen molar-refractivity contribution >= 4 is 41.4 Å². The number of nitrogens with one attached hydrogen (secondary N) is 5. The third-order valence-corrected chi connectivity index (χ3v) is 13.1. The van der Waals surface area contributed by atoms with Gasteiger partial charge in [-0.1, -0.05) is 83.3 Å². The molecule has 0 saturated carbocycles. The van der Waals surface area contributed by atoms with Crippen LogP contribution in [0.4, 0.5) is 0 Å². The normalized spacial score (nSPS) is 26.4. The molecule has 4 rings (SSSR count). The summed E-state index contributed by atoms with van der Waals surface area (Å²) in [5.74, 6) is -4.88. The minimum Gasteiger partial charge on any atom is -0.508 e. The number of nitrogens with zero attached hydrogens (tertiary/aromatic N) is 2. The van der Waals surface area contributed by atoms with Crippen molar-refractivity contribution in [2.24, 2.45) is 5.73 Å². The number of aryl methyl sites for hydroxylation is 1. The molecule has 3 heterocycles. The van der Waals surface area contributed by atoms with Gasteiger partial charge < -0.3 is 62.5 Å². The van der Waals surface area contributed by atoms with Crippen LogP contribution < -0.4 is 32.3 Å². The van der Waals surface area contributed by atoms with E-state index in [0.717, 1.165) is 30.6 Å². The van der Waals surface area contributed by atoms with Gasteiger partial charge in [0.05, 0.1) is 18.3 Å². The number of phenolic OH excluding ortho intramolecular Hbond substituents is 1. The highest BCUT2D eigenvalue weighted by Gasteiger charge is 2.46. The van der Waals surface area contributed by atoms with Gasteiger partial charge in [-0.2, -0.15) is 0 Å². The molecule has 9 atom stereocenters. The zero-order valence-electron chi connectivity index (χ0n) is 39.6. The highest BCUT2D eigenvalue weighted by Crippen LogP contribution is 2.23. The number of phenols is 1. The lowest BCUT2D eigenvalue weighted by atomic mass is 10.0. The number of nitrogens with two attached hydrogens (primary N) is 1. The summed E-state index contributed by atoms with van der Waals surface area (Å²) in [4.78, 5) is 100. The van der Waals surface area contributed by atoms with Gasteiger partial charge in [0.1, 0.15) is 42.0 Å². The van der Waals surface area contributed by atoms with Crippen LogP contribution in [0.2, 0.25) is 0 Å². The van der Waals surface area contributed by atoms with Gasteiger partial charge in [-0.15, -0.1) is 0 Å². The maximum absolute atomic E-state index is 14.3. The largest absolute Gasteiger partial charge is 0.508 e. The lowest BCUT2D eigenvalue weighted by Gasteiger charge is -2.32. The third kappa shape index (κ3) is 17.3. The predicted molar refractivity (Wildman–Crippen MR) is 250 cm³/mol. The Hall–Kier alpha value is -4.85. The van der Waals surface area contributed by atoms with Crippen molar-refractivity contribution in [2.75, 3.05) is 26.2 Å². The number of hydrogen-bond donors (Lipinski definition) is 10. The Kier molecular flexibility index (Phi) is 23.3. The van der Waals surface area contributed by atoms with E-state index in [9.17, 15) is 54.0 Å². The molecule has 3 fully saturated rings. The van der Waals surface area contributed by atoms with Crippen LogP contribution in [0.5, 0.6) is 5.75 Å². The van der Waals surface area contributed by atoms with Crippen molar-refractivity contribution < 1.29 is 54.0 Å². The topological polar surface area (TPSA) is 293 Å². The molecule has 11 N–H and O–H groups in total. The monoisotopic (exact) mass is 943 g/mol. The standard InChI is InChI=1S/C48H78N8O11/c1-3-4-5-6-7-8-9-10-11-12-13-18-40(61)51-35-17-15-27-50-46(65)42-39(60)25-28-55(42)47(66)37(16-14-26-49)53-43(62)36(24-21-32-19-22-33(58)23-20-32)52-45(64)38-29-34(59)30-56(38)48(67)41(31(2)57)54-44(35)63/h19-20,22-23,31,34-39,41-42,57-60H,3-18,21,24-30,49H2,1-2H3,(H,50,65)(H,51,61)(H,52,64)(H,53,62)(H,54,63)/t31-,34-,35+,36+,37+,38+,39+,41+,42+/m1/s1. The molecule has 19 nitrogen and oxygen atoms in total. The number of hydrogen-bond acceptors (Lipinski definition) is 12. The van der Waals surface area contributed by atoms with E-state index in [-0.39, 0.29) is 89.2 Å². The van der Waals surface area contributed by atoms with E-state index >= 15 is 0 Å². The maximum atomic E-state index is 14.3. The van der Waals surface area contributed by atoms with Gasteiger partial charge in [0.15, 0.2) is 0 Å². The van der Waals surface area contributed by atoms with Crippen LogP contribution in [0.15, 0.2) is 24.3 Å². The molecule has 1 aromatic carbocycles. The van der Waals surface area contributed by atoms with Gasteiger partial charge >= 0.3 is 0 Å². The van der Waals surface area contributed by atoms with Crippen molar-refractivity contribution in [3.63, 3.8) is 0 Å². The molecular weight excluding hydrogens is 865 g/mol. The van der Waals surface area contributed by atoms with Gasteiger partial charge in [0, 0.05) is 32.5 Å². The van der Waals surface area contributed by atoms with E-state index in [1.54, 1.807) is 12.1 Å². The zero-order valence-corrected chi connectivity index (χ0v) is 39.6. The highest BCUT2D eigenvalue weighted by molar-refractivity contribution is 5.98. The second-order valence-electron chi connectivity index (χ2n) is 18.6. The number of aliphatic hydroxyl groups is 3. The Labute approximate surface area is 395 Å². The van der Waals surface area contributed by atoms with Crippen molar-refractivity contribution in [2.45, 2.75) is 197 Å². The molecule has 376 valence electrons. The highest BCUT2D eigenvalue weighted by atomic mass is 16.3. The molecule has 1 aromatic rings. The molecule has 0 bridgehead atoms. The average molecular weight is 943 g/mol. The average Bonchev–Trinajstić information content (AvgIpc) is 3.90. The quantitative estimate of drug-likeness (QED) is 0.0817. The van der Waals surface area contributed by atoms with Crippen LogP contribution in [0.25, 0.3) is 0 Å². The molecule has 3 aliphatic heterocycles. The Morgan fingerprint density at radius 2 is 1.42 bits per heavy atom. The van der Waals surface area contributed by atoms with Crippen LogP contribution in [0.3, 0.4) is 0 Å². The van der Waals surface area contributed by atoms with Crippen molar-refractivity contribution in [3.05, 3.63) is 29.8 Å². The minimum atomic E-state index is -1.61. The molecule has 3 saturated heterocycles. The van der Waals surface area contributed by atoms with Crippen LogP contribution in [0.1, 0.15) is 141 Å². The van der Waals surface area contributed by atoms with E-state index in [4.69, 9.17) is 5.73 Å². The molecule has 67 heavy (non-hydrogen) atoms. The van der Waals surface area contributed by atoms with Gasteiger partial charge in [0.25, 0.3) is 0 Å². The molecule has 0 aliphatic carbocycles. The Balaban J connectivity index is 1.58. The second kappa shape index (κ2) is 28.5. The second-order valence-corrected chi connectivity index (χ2v) is 18.6. The summed E-state index contributed by atoms with van der Waals surface area (Å²) in [6.07, 6.45) is 8.97. The molecule has 0 unspecified atom stereocenters. The fourth-order valence-corrected chi connectivity index (χ4v) is 9.14. The van der Waals surface area contributed by atoms with Crippen molar-refractivity contribution in [3.8, 4) is 5.75 Å². The Bertz CT molecular complexity index is 1770. The first-order chi connectivity index (χ1) is 32.1. The first-order valence-electron chi connectivity index (χ1n) is 24.8. The maximum Gasteiger partial charge on any atom is 0.248 e. The molecule has 0 aromatic heterocycles. The molecule has 7 amide bonds. The molecule has 0 radical (unpaired) electrons. The van der Waals surface area contributed by atoms with Crippen LogP contribution in [-0.2, 0) is 40.0 Å². The Morgan fingerprint density at radius 3 is 2.06 bits per heavy atom. The summed E-state index contributed by atoms with van der Waals surface area (Å²) in [6.45, 7) is 3.33. The molecule has 3 aliphatic rings. The number of carbonyl (C=O) groups excluding carboxylic acids is 7. The zero-order chi connectivity index (χ0) is 48.9. The fourth-order valence-electron chi connectivity index (χ4n) is 9.14. The summed E-state index contributed by atoms with van der Waals surface area (Å²) < 4.78 is 0. The first-order valence-corrected chi connectivity index (χ1v) is 24.8. The lowest BCUT2D eigenvalue weighted by molar-refractivity contribution is -0.145. The number of fused-ring (bicyclic) bond motifs is 2. The van der Waals surface area contributed by atoms with Gasteiger partial charge in [-0.3, -0.25) is 33.6 Å². The molecule has 0 spiro atoms. The number of rotatable bonds is 20. The lowest BCUT2D eigenvalue weighted by Crippen LogP contribution is -2.61. The van der Waals surface area contributed by atoms with E-state index in [1.807, 2.05) is 0 Å². The number of aromatic hydroxyl groups is 1. The Morgan fingerprint density at radius 1 is 0.776 bits per heavy atom. The number of unbranched alkanes of at least 4 members (excludes halogenated alkanes) is 10. The number of aliphatic hydroxyl groups excluding tert-OH is 3. The van der Waals surface area contributed by atoms with Gasteiger partial charge in [-0.05, 0) is 82.5 Å². The SMILES string of the molecule is CCCCCCCCCCCCCC(=O)N[C@H]1CCCNC(=O)[C@@H]2[C@@H](O)CCN2C(=O)[C@H](CCCN)NC(=O)[C@H](CCc2ccc(O)cc2)NC(=O)[C@@H]2C[C@@H](O)CN2C(=O)[C@H]([C@@H](C)O)NC1=O. The number of carbonyl (C=O) groups is 7. The van der Waals surface area contributed by atoms with E-state index in [0.29, 0.717) is 18.4 Å². The van der Waals surface area contributed by atoms with Gasteiger partial charge in [0.2, 0.25) is 41.4 Å². The van der Waals surface area contributed by atoms with Crippen LogP contribution >= 0.6 is 0 Å². The summed E-state index contributed by atoms with van der Waals surface area (Å²) in [5.41, 5.74) is 6.53. The van der Waals surface area contributed by atoms with E-state index in [2.05, 4.69) is 33.5 Å². The third-order valence-electron chi connectivity index (χ3n) is 13.1. The van der Waals surface area contributed by atoms with Crippen molar-refractivity contribution in [1.82, 2.24) is 36.4 Å². The van der Waals surface area contributed by atoms with E-state index in [1.165, 1.54) is 62.5 Å². The fraction of sp³-hybridized carbons (Fsp3) is 0.729. The van der Waals surface area contributed by atoms with Crippen molar-refractivity contribution in [1.29, 1.82) is 0 Å². The summed E-state index contributed by atoms with van der Waals surface area (Å²) in [6, 6.07) is -1.71. The smallest absolute Gasteiger partial charge is 0.248 e. The van der Waals surface area contributed by atoms with E-state index < -0.39 is 90.0 Å². The van der Waals surface area contributed by atoms with Crippen LogP contribution in [0, 0.1) is 0 Å². The van der Waals surface area contributed by atoms with Gasteiger partial charge in [-0.25, -0.2) is 0 Å². The summed E-state index contributed by atoms with van der Waals surface area (Å²) in [5, 5.41) is 56.1. The minimum absolute atomic E-state index is 0.00111. The molecule has 19 heteroatoms. The number of benzene rings is 1. The number of amides is 7. The predicted octanol–water partition coefficient (Wildman–Crippen LogP) is 0.918. The summed E-state index contributed by atoms with van der Waals surface area (Å²) >= 11 is 0. The summed E-state index contributed by atoms with van der Waals surface area (Å²) in [7, 11) is 0.